The van der Waals surface area contributed by atoms with E-state index in [9.17, 15) is 0 Å². The summed E-state index contributed by atoms with van der Waals surface area (Å²) in [6, 6.07) is 14.4. The monoisotopic (exact) mass is 346 g/mol. The lowest BCUT2D eigenvalue weighted by Crippen LogP contribution is -2.34. The lowest BCUT2D eigenvalue weighted by atomic mass is 10.2. The second kappa shape index (κ2) is 6.21. The van der Waals surface area contributed by atoms with E-state index in [0.29, 0.717) is 6.04 Å². The minimum absolute atomic E-state index is 0.360. The van der Waals surface area contributed by atoms with Gasteiger partial charge in [0.05, 0.1) is 12.6 Å². The van der Waals surface area contributed by atoms with Gasteiger partial charge in [-0.15, -0.1) is 15.3 Å². The number of benzene rings is 1. The summed E-state index contributed by atoms with van der Waals surface area (Å²) in [7, 11) is 0. The molecule has 0 radical (unpaired) electrons. The van der Waals surface area contributed by atoms with Gasteiger partial charge in [0, 0.05) is 12.1 Å². The first-order valence-corrected chi connectivity index (χ1v) is 8.75. The first kappa shape index (κ1) is 15.0. The molecule has 1 aliphatic rings. The average molecular weight is 346 g/mol. The van der Waals surface area contributed by atoms with Crippen LogP contribution in [0.5, 0.6) is 0 Å². The highest BCUT2D eigenvalue weighted by Gasteiger charge is 2.27. The van der Waals surface area contributed by atoms with E-state index in [1.807, 2.05) is 51.7 Å². The van der Waals surface area contributed by atoms with Gasteiger partial charge < -0.3 is 4.90 Å². The predicted molar refractivity (Wildman–Crippen MR) is 96.6 cm³/mol. The first-order valence-electron chi connectivity index (χ1n) is 8.75. The van der Waals surface area contributed by atoms with Crippen molar-refractivity contribution in [3.63, 3.8) is 0 Å². The zero-order valence-electron chi connectivity index (χ0n) is 14.2. The summed E-state index contributed by atoms with van der Waals surface area (Å²) in [4.78, 5) is 6.38. The molecule has 0 saturated carbocycles. The molecule has 0 aliphatic carbocycles. The Balaban J connectivity index is 1.51. The van der Waals surface area contributed by atoms with Crippen LogP contribution in [0.4, 0.5) is 5.82 Å². The molecule has 5 rings (SSSR count). The van der Waals surface area contributed by atoms with Crippen LogP contribution in [0, 0.1) is 0 Å². The maximum atomic E-state index is 4.85. The van der Waals surface area contributed by atoms with Crippen LogP contribution >= 0.6 is 0 Å². The van der Waals surface area contributed by atoms with Crippen LogP contribution in [0.25, 0.3) is 17.0 Å². The Labute approximate surface area is 150 Å². The zero-order chi connectivity index (χ0) is 17.3. The lowest BCUT2D eigenvalue weighted by molar-refractivity contribution is 0.505. The number of nitrogens with zero attached hydrogens (tertiary/aromatic N) is 8. The van der Waals surface area contributed by atoms with Crippen LogP contribution < -0.4 is 4.90 Å². The SMILES string of the molecule is c1ccc(-c2nnc3ccc(N4CCC[C@H]4Cn4cncn4)nn23)cc1. The van der Waals surface area contributed by atoms with Gasteiger partial charge >= 0.3 is 0 Å². The van der Waals surface area contributed by atoms with Gasteiger partial charge in [0.25, 0.3) is 0 Å². The molecule has 26 heavy (non-hydrogen) atoms. The summed E-state index contributed by atoms with van der Waals surface area (Å²) in [5.74, 6) is 1.70. The summed E-state index contributed by atoms with van der Waals surface area (Å²) in [5, 5.41) is 17.7. The van der Waals surface area contributed by atoms with Crippen LogP contribution in [-0.2, 0) is 6.54 Å². The summed E-state index contributed by atoms with van der Waals surface area (Å²) in [5.41, 5.74) is 1.75. The van der Waals surface area contributed by atoms with Gasteiger partial charge in [-0.3, -0.25) is 4.68 Å². The van der Waals surface area contributed by atoms with Crippen molar-refractivity contribution in [2.75, 3.05) is 11.4 Å². The molecule has 8 nitrogen and oxygen atoms in total. The molecular weight excluding hydrogens is 328 g/mol. The Bertz CT molecular complexity index is 1010. The van der Waals surface area contributed by atoms with E-state index in [0.717, 1.165) is 48.8 Å². The third kappa shape index (κ3) is 2.59. The molecule has 130 valence electrons. The van der Waals surface area contributed by atoms with Gasteiger partial charge in [0.15, 0.2) is 11.5 Å². The van der Waals surface area contributed by atoms with Crippen LogP contribution in [-0.4, -0.2) is 47.2 Å². The zero-order valence-corrected chi connectivity index (χ0v) is 14.2. The number of hydrogen-bond acceptors (Lipinski definition) is 6. The summed E-state index contributed by atoms with van der Waals surface area (Å²) in [6.07, 6.45) is 5.60. The molecule has 4 aromatic rings. The van der Waals surface area contributed by atoms with E-state index in [4.69, 9.17) is 5.10 Å². The van der Waals surface area contributed by atoms with Crippen molar-refractivity contribution < 1.29 is 0 Å². The predicted octanol–water partition coefficient (Wildman–Crippen LogP) is 2.05. The Hall–Kier alpha value is -3.29. The molecule has 1 saturated heterocycles. The molecule has 1 aromatic carbocycles. The van der Waals surface area contributed by atoms with Crippen LogP contribution in [0.3, 0.4) is 0 Å². The molecule has 0 N–H and O–H groups in total. The number of rotatable bonds is 4. The molecular formula is C18H18N8. The number of fused-ring (bicyclic) bond motifs is 1. The Morgan fingerprint density at radius 3 is 2.81 bits per heavy atom. The number of hydrogen-bond donors (Lipinski definition) is 0. The van der Waals surface area contributed by atoms with Gasteiger partial charge in [-0.2, -0.15) is 9.61 Å². The first-order chi connectivity index (χ1) is 12.9. The molecule has 0 bridgehead atoms. The number of anilines is 1. The highest BCUT2D eigenvalue weighted by atomic mass is 15.4. The molecule has 3 aromatic heterocycles. The normalized spacial score (nSPS) is 17.2. The van der Waals surface area contributed by atoms with Crippen molar-refractivity contribution in [3.8, 4) is 11.4 Å². The molecule has 0 spiro atoms. The highest BCUT2D eigenvalue weighted by Crippen LogP contribution is 2.26. The van der Waals surface area contributed by atoms with E-state index in [1.165, 1.54) is 0 Å². The third-order valence-corrected chi connectivity index (χ3v) is 4.82. The number of aromatic nitrogens is 7. The lowest BCUT2D eigenvalue weighted by Gasteiger charge is -2.25. The van der Waals surface area contributed by atoms with Gasteiger partial charge in [-0.05, 0) is 25.0 Å². The van der Waals surface area contributed by atoms with Gasteiger partial charge in [0.2, 0.25) is 0 Å². The van der Waals surface area contributed by atoms with Crippen molar-refractivity contribution >= 4 is 11.5 Å². The minimum atomic E-state index is 0.360. The Morgan fingerprint density at radius 2 is 1.96 bits per heavy atom. The standard InChI is InChI=1S/C18H18N8/c1-2-5-14(6-3-1)18-22-21-16-8-9-17(23-26(16)18)25-10-4-7-15(25)11-24-13-19-12-20-24/h1-3,5-6,8-9,12-13,15H,4,7,10-11H2/t15-/m0/s1. The maximum absolute atomic E-state index is 4.85. The van der Waals surface area contributed by atoms with Crippen molar-refractivity contribution in [2.45, 2.75) is 25.4 Å². The second-order valence-corrected chi connectivity index (χ2v) is 6.46. The van der Waals surface area contributed by atoms with Crippen molar-refractivity contribution in [1.82, 2.24) is 34.6 Å². The molecule has 8 heteroatoms. The second-order valence-electron chi connectivity index (χ2n) is 6.46. The summed E-state index contributed by atoms with van der Waals surface area (Å²) < 4.78 is 3.71. The quantitative estimate of drug-likeness (QED) is 0.563. The molecule has 1 aliphatic heterocycles. The fourth-order valence-corrected chi connectivity index (χ4v) is 3.57. The fourth-order valence-electron chi connectivity index (χ4n) is 3.57. The average Bonchev–Trinajstić information content (AvgIpc) is 3.43. The topological polar surface area (TPSA) is 77.0 Å². The Kier molecular flexibility index (Phi) is 3.59. The Morgan fingerprint density at radius 1 is 1.04 bits per heavy atom. The molecule has 1 fully saturated rings. The van der Waals surface area contributed by atoms with Crippen LogP contribution in [0.15, 0.2) is 55.1 Å². The van der Waals surface area contributed by atoms with E-state index >= 15 is 0 Å². The maximum Gasteiger partial charge on any atom is 0.185 e. The van der Waals surface area contributed by atoms with E-state index in [1.54, 1.807) is 12.7 Å². The van der Waals surface area contributed by atoms with Crippen LogP contribution in [0.2, 0.25) is 0 Å². The van der Waals surface area contributed by atoms with E-state index in [-0.39, 0.29) is 0 Å². The van der Waals surface area contributed by atoms with E-state index in [2.05, 4.69) is 25.2 Å². The molecule has 0 amide bonds. The molecule has 0 unspecified atom stereocenters. The molecule has 1 atom stereocenters. The molecule has 4 heterocycles. The van der Waals surface area contributed by atoms with Crippen LogP contribution in [0.1, 0.15) is 12.8 Å². The third-order valence-electron chi connectivity index (χ3n) is 4.82. The fraction of sp³-hybridized carbons (Fsp3) is 0.278. The van der Waals surface area contributed by atoms with E-state index < -0.39 is 0 Å². The van der Waals surface area contributed by atoms with Gasteiger partial charge in [-0.25, -0.2) is 4.98 Å². The highest BCUT2D eigenvalue weighted by molar-refractivity contribution is 5.59. The van der Waals surface area contributed by atoms with Gasteiger partial charge in [0.1, 0.15) is 18.5 Å². The van der Waals surface area contributed by atoms with Crippen molar-refractivity contribution in [2.24, 2.45) is 0 Å². The van der Waals surface area contributed by atoms with Crippen molar-refractivity contribution in [1.29, 1.82) is 0 Å². The summed E-state index contributed by atoms with van der Waals surface area (Å²) >= 11 is 0. The smallest absolute Gasteiger partial charge is 0.185 e. The van der Waals surface area contributed by atoms with Gasteiger partial charge in [-0.1, -0.05) is 30.3 Å². The van der Waals surface area contributed by atoms with Crippen molar-refractivity contribution in [3.05, 3.63) is 55.1 Å². The minimum Gasteiger partial charge on any atom is -0.350 e. The summed E-state index contributed by atoms with van der Waals surface area (Å²) in [6.45, 7) is 1.80. The largest absolute Gasteiger partial charge is 0.350 e.